The Kier molecular flexibility index (Phi) is 5.52. The first-order valence-electron chi connectivity index (χ1n) is 6.39. The van der Waals surface area contributed by atoms with Crippen molar-refractivity contribution in [2.45, 2.75) is 43.5 Å². The molecule has 1 N–H and O–H groups in total. The molecule has 100 valence electrons. The fourth-order valence-corrected chi connectivity index (χ4v) is 3.59. The highest BCUT2D eigenvalue weighted by Crippen LogP contribution is 2.27. The zero-order valence-electron chi connectivity index (χ0n) is 10.6. The van der Waals surface area contributed by atoms with Crippen LogP contribution in [0.2, 0.25) is 0 Å². The quantitative estimate of drug-likeness (QED) is 0.880. The second-order valence-corrected chi connectivity index (χ2v) is 6.73. The Morgan fingerprint density at radius 2 is 2.06 bits per heavy atom. The highest BCUT2D eigenvalue weighted by molar-refractivity contribution is 9.10. The lowest BCUT2D eigenvalue weighted by atomic mass is 9.95. The summed E-state index contributed by atoms with van der Waals surface area (Å²) in [6.07, 6.45) is 7.26. The topological polar surface area (TPSA) is 12.0 Å². The molecule has 1 aromatic rings. The predicted octanol–water partition coefficient (Wildman–Crippen LogP) is 4.35. The molecule has 0 bridgehead atoms. The molecule has 0 aliphatic heterocycles. The van der Waals surface area contributed by atoms with Gasteiger partial charge in [-0.15, -0.1) is 0 Å². The number of rotatable bonds is 4. The van der Waals surface area contributed by atoms with Crippen molar-refractivity contribution in [2.75, 3.05) is 6.26 Å². The molecule has 0 aromatic heterocycles. The van der Waals surface area contributed by atoms with Gasteiger partial charge >= 0.3 is 0 Å². The highest BCUT2D eigenvalue weighted by atomic mass is 79.9. The Hall–Kier alpha value is -0.0600. The first-order chi connectivity index (χ1) is 8.70. The van der Waals surface area contributed by atoms with Crippen molar-refractivity contribution in [3.05, 3.63) is 34.1 Å². The lowest BCUT2D eigenvalue weighted by Crippen LogP contribution is -2.33. The van der Waals surface area contributed by atoms with Crippen LogP contribution in [0.15, 0.2) is 22.7 Å². The SMILES string of the molecule is CSC1CCC(NCc2cccc(F)c2Br)CC1. The van der Waals surface area contributed by atoms with E-state index in [1.54, 1.807) is 6.07 Å². The Balaban J connectivity index is 1.83. The maximum atomic E-state index is 13.4. The molecule has 0 unspecified atom stereocenters. The second-order valence-electron chi connectivity index (χ2n) is 4.80. The summed E-state index contributed by atoms with van der Waals surface area (Å²) in [6.45, 7) is 0.743. The summed E-state index contributed by atoms with van der Waals surface area (Å²) in [5, 5.41) is 4.38. The third-order valence-corrected chi connectivity index (χ3v) is 5.65. The molecule has 0 saturated heterocycles. The monoisotopic (exact) mass is 331 g/mol. The molecule has 1 aliphatic rings. The minimum absolute atomic E-state index is 0.180. The number of thioether (sulfide) groups is 1. The molecule has 1 aromatic carbocycles. The van der Waals surface area contributed by atoms with Crippen LogP contribution >= 0.6 is 27.7 Å². The van der Waals surface area contributed by atoms with Gasteiger partial charge in [0.15, 0.2) is 0 Å². The van der Waals surface area contributed by atoms with Crippen molar-refractivity contribution in [1.82, 2.24) is 5.32 Å². The summed E-state index contributed by atoms with van der Waals surface area (Å²) in [5.41, 5.74) is 1.00. The number of hydrogen-bond acceptors (Lipinski definition) is 2. The molecular weight excluding hydrogens is 313 g/mol. The molecule has 0 spiro atoms. The van der Waals surface area contributed by atoms with Crippen LogP contribution in [0.3, 0.4) is 0 Å². The van der Waals surface area contributed by atoms with Crippen molar-refractivity contribution >= 4 is 27.7 Å². The summed E-state index contributed by atoms with van der Waals surface area (Å²) in [6, 6.07) is 5.80. The van der Waals surface area contributed by atoms with Crippen LogP contribution in [0.25, 0.3) is 0 Å². The molecule has 1 saturated carbocycles. The van der Waals surface area contributed by atoms with Crippen molar-refractivity contribution in [2.24, 2.45) is 0 Å². The van der Waals surface area contributed by atoms with Crippen LogP contribution in [0.5, 0.6) is 0 Å². The van der Waals surface area contributed by atoms with Gasteiger partial charge in [0.05, 0.1) is 4.47 Å². The normalized spacial score (nSPS) is 24.2. The molecule has 0 atom stereocenters. The lowest BCUT2D eigenvalue weighted by molar-refractivity contribution is 0.378. The second kappa shape index (κ2) is 6.92. The van der Waals surface area contributed by atoms with E-state index in [9.17, 15) is 4.39 Å². The Labute approximate surface area is 121 Å². The van der Waals surface area contributed by atoms with Crippen LogP contribution in [0, 0.1) is 5.82 Å². The van der Waals surface area contributed by atoms with E-state index in [4.69, 9.17) is 0 Å². The van der Waals surface area contributed by atoms with Crippen molar-refractivity contribution in [1.29, 1.82) is 0 Å². The third kappa shape index (κ3) is 3.72. The van der Waals surface area contributed by atoms with Crippen molar-refractivity contribution in [3.8, 4) is 0 Å². The summed E-state index contributed by atoms with van der Waals surface area (Å²) in [4.78, 5) is 0. The molecule has 2 rings (SSSR count). The molecule has 0 radical (unpaired) electrons. The van der Waals surface area contributed by atoms with Crippen LogP contribution in [0.1, 0.15) is 31.2 Å². The number of nitrogens with one attached hydrogen (secondary N) is 1. The Bertz CT molecular complexity index is 391. The van der Waals surface area contributed by atoms with Gasteiger partial charge in [0.2, 0.25) is 0 Å². The zero-order valence-corrected chi connectivity index (χ0v) is 13.0. The summed E-state index contributed by atoms with van der Waals surface area (Å²) >= 11 is 5.29. The van der Waals surface area contributed by atoms with Gasteiger partial charge in [0.25, 0.3) is 0 Å². The molecular formula is C14H19BrFNS. The highest BCUT2D eigenvalue weighted by Gasteiger charge is 2.20. The van der Waals surface area contributed by atoms with E-state index in [-0.39, 0.29) is 5.82 Å². The van der Waals surface area contributed by atoms with Crippen LogP contribution in [-0.4, -0.2) is 17.5 Å². The van der Waals surface area contributed by atoms with E-state index in [2.05, 4.69) is 27.5 Å². The molecule has 4 heteroatoms. The van der Waals surface area contributed by atoms with Gasteiger partial charge < -0.3 is 5.32 Å². The van der Waals surface area contributed by atoms with Gasteiger partial charge in [-0.05, 0) is 59.5 Å². The van der Waals surface area contributed by atoms with E-state index in [1.807, 2.05) is 17.8 Å². The van der Waals surface area contributed by atoms with E-state index in [1.165, 1.54) is 31.7 Å². The Morgan fingerprint density at radius 1 is 1.33 bits per heavy atom. The number of hydrogen-bond donors (Lipinski definition) is 1. The maximum Gasteiger partial charge on any atom is 0.137 e. The van der Waals surface area contributed by atoms with Gasteiger partial charge in [0.1, 0.15) is 5.82 Å². The maximum absolute atomic E-state index is 13.4. The predicted molar refractivity (Wildman–Crippen MR) is 80.5 cm³/mol. The third-order valence-electron chi connectivity index (χ3n) is 3.62. The molecule has 1 fully saturated rings. The van der Waals surface area contributed by atoms with E-state index >= 15 is 0 Å². The molecule has 18 heavy (non-hydrogen) atoms. The summed E-state index contributed by atoms with van der Waals surface area (Å²) in [5.74, 6) is -0.180. The van der Waals surface area contributed by atoms with Gasteiger partial charge in [0, 0.05) is 17.8 Å². The van der Waals surface area contributed by atoms with E-state index in [0.29, 0.717) is 10.5 Å². The molecule has 1 nitrogen and oxygen atoms in total. The van der Waals surface area contributed by atoms with Crippen LogP contribution in [-0.2, 0) is 6.54 Å². The average Bonchev–Trinajstić information content (AvgIpc) is 2.41. The minimum atomic E-state index is -0.180. The summed E-state index contributed by atoms with van der Waals surface area (Å²) < 4.78 is 14.0. The molecule has 0 heterocycles. The van der Waals surface area contributed by atoms with E-state index in [0.717, 1.165) is 17.4 Å². The zero-order chi connectivity index (χ0) is 13.0. The average molecular weight is 332 g/mol. The van der Waals surface area contributed by atoms with Crippen LogP contribution < -0.4 is 5.32 Å². The van der Waals surface area contributed by atoms with Gasteiger partial charge in [-0.1, -0.05) is 12.1 Å². The smallest absolute Gasteiger partial charge is 0.137 e. The minimum Gasteiger partial charge on any atom is -0.310 e. The largest absolute Gasteiger partial charge is 0.310 e. The molecule has 0 amide bonds. The first kappa shape index (κ1) is 14.4. The van der Waals surface area contributed by atoms with Gasteiger partial charge in [-0.2, -0.15) is 11.8 Å². The fourth-order valence-electron chi connectivity index (χ4n) is 2.44. The molecule has 1 aliphatic carbocycles. The van der Waals surface area contributed by atoms with Gasteiger partial charge in [-0.25, -0.2) is 4.39 Å². The summed E-state index contributed by atoms with van der Waals surface area (Å²) in [7, 11) is 0. The number of halogens is 2. The van der Waals surface area contributed by atoms with Gasteiger partial charge in [-0.3, -0.25) is 0 Å². The lowest BCUT2D eigenvalue weighted by Gasteiger charge is -2.28. The standard InChI is InChI=1S/C14H19BrFNS/c1-18-12-7-5-11(6-8-12)17-9-10-3-2-4-13(16)14(10)15/h2-4,11-12,17H,5-9H2,1H3. The van der Waals surface area contributed by atoms with E-state index < -0.39 is 0 Å². The fraction of sp³-hybridized carbons (Fsp3) is 0.571. The first-order valence-corrected chi connectivity index (χ1v) is 8.48. The van der Waals surface area contributed by atoms with Crippen LogP contribution in [0.4, 0.5) is 4.39 Å². The van der Waals surface area contributed by atoms with Crippen molar-refractivity contribution in [3.63, 3.8) is 0 Å². The Morgan fingerprint density at radius 3 is 2.72 bits per heavy atom. The van der Waals surface area contributed by atoms with Crippen molar-refractivity contribution < 1.29 is 4.39 Å². The number of benzene rings is 1.